The largest absolute Gasteiger partial charge is 0.354 e. The zero-order valence-electron chi connectivity index (χ0n) is 11.8. The lowest BCUT2D eigenvalue weighted by Gasteiger charge is -2.33. The molecule has 3 nitrogen and oxygen atoms in total. The average Bonchev–Trinajstić information content (AvgIpc) is 2.36. The quantitative estimate of drug-likeness (QED) is 0.907. The molecule has 0 aliphatic carbocycles. The van der Waals surface area contributed by atoms with Gasteiger partial charge in [-0.05, 0) is 22.0 Å². The van der Waals surface area contributed by atoms with Gasteiger partial charge in [0.1, 0.15) is 5.82 Å². The Balaban J connectivity index is 2.18. The Morgan fingerprint density at radius 1 is 1.58 bits per heavy atom. The van der Waals surface area contributed by atoms with Crippen LogP contribution < -0.4 is 10.2 Å². The zero-order valence-corrected chi connectivity index (χ0v) is 14.2. The van der Waals surface area contributed by atoms with E-state index in [2.05, 4.69) is 58.0 Å². The summed E-state index contributed by atoms with van der Waals surface area (Å²) in [6, 6.07) is 2.67. The molecule has 0 bridgehead atoms. The van der Waals surface area contributed by atoms with Crippen LogP contribution >= 0.6 is 27.7 Å². The van der Waals surface area contributed by atoms with Crippen LogP contribution in [0.4, 0.5) is 5.82 Å². The highest BCUT2D eigenvalue weighted by Crippen LogP contribution is 2.26. The molecule has 1 aliphatic rings. The summed E-state index contributed by atoms with van der Waals surface area (Å²) in [6.07, 6.45) is 1.90. The number of hydrogen-bond donors (Lipinski definition) is 1. The first-order valence-electron chi connectivity index (χ1n) is 6.80. The Labute approximate surface area is 128 Å². The average molecular weight is 344 g/mol. The maximum absolute atomic E-state index is 4.64. The highest BCUT2D eigenvalue weighted by atomic mass is 79.9. The highest BCUT2D eigenvalue weighted by Gasteiger charge is 2.20. The number of thioether (sulfide) groups is 1. The molecule has 1 aliphatic heterocycles. The normalized spacial score (nSPS) is 20.1. The molecule has 2 heterocycles. The first kappa shape index (κ1) is 15.1. The maximum Gasteiger partial charge on any atom is 0.133 e. The molecular formula is C14H22BrN3S. The molecule has 5 heteroatoms. The summed E-state index contributed by atoms with van der Waals surface area (Å²) in [5.41, 5.74) is 1.28. The standard InChI is InChI=1S/C14H22BrN3S/c1-10(2)16-7-12-6-13(15)8-17-14(12)18-4-5-19-11(3)9-18/h6,8,10-11,16H,4-5,7,9H2,1-3H3. The second-order valence-corrected chi connectivity index (χ2v) is 7.76. The van der Waals surface area contributed by atoms with Crippen LogP contribution in [0.25, 0.3) is 0 Å². The summed E-state index contributed by atoms with van der Waals surface area (Å²) in [5, 5.41) is 4.17. The van der Waals surface area contributed by atoms with Crippen LogP contribution in [0.15, 0.2) is 16.7 Å². The van der Waals surface area contributed by atoms with E-state index in [1.807, 2.05) is 18.0 Å². The van der Waals surface area contributed by atoms with Crippen molar-refractivity contribution in [1.82, 2.24) is 10.3 Å². The Morgan fingerprint density at radius 3 is 3.05 bits per heavy atom. The fourth-order valence-corrected chi connectivity index (χ4v) is 3.61. The molecule has 2 rings (SSSR count). The fourth-order valence-electron chi connectivity index (χ4n) is 2.21. The first-order chi connectivity index (χ1) is 9.06. The number of anilines is 1. The minimum absolute atomic E-state index is 0.489. The van der Waals surface area contributed by atoms with Crippen LogP contribution in [-0.2, 0) is 6.54 Å². The minimum atomic E-state index is 0.489. The summed E-state index contributed by atoms with van der Waals surface area (Å²) in [7, 11) is 0. The molecule has 0 amide bonds. The SMILES string of the molecule is CC(C)NCc1cc(Br)cnc1N1CCSC(C)C1. The molecule has 1 N–H and O–H groups in total. The lowest BCUT2D eigenvalue weighted by Crippen LogP contribution is -2.38. The van der Waals surface area contributed by atoms with Crippen molar-refractivity contribution in [2.45, 2.75) is 38.6 Å². The van der Waals surface area contributed by atoms with Crippen LogP contribution in [0.2, 0.25) is 0 Å². The van der Waals surface area contributed by atoms with Crippen LogP contribution in [-0.4, -0.2) is 35.1 Å². The van der Waals surface area contributed by atoms with Crippen molar-refractivity contribution in [3.05, 3.63) is 22.3 Å². The van der Waals surface area contributed by atoms with Crippen molar-refractivity contribution < 1.29 is 0 Å². The summed E-state index contributed by atoms with van der Waals surface area (Å²) in [6.45, 7) is 9.70. The molecule has 1 aromatic rings. The second kappa shape index (κ2) is 6.95. The van der Waals surface area contributed by atoms with E-state index >= 15 is 0 Å². The van der Waals surface area contributed by atoms with Crippen LogP contribution in [0.3, 0.4) is 0 Å². The number of pyridine rings is 1. The van der Waals surface area contributed by atoms with Crippen LogP contribution in [0.1, 0.15) is 26.3 Å². The highest BCUT2D eigenvalue weighted by molar-refractivity contribution is 9.10. The Hall–Kier alpha value is -0.260. The van der Waals surface area contributed by atoms with Gasteiger partial charge in [-0.25, -0.2) is 4.98 Å². The van der Waals surface area contributed by atoms with Gasteiger partial charge in [0.15, 0.2) is 0 Å². The Kier molecular flexibility index (Phi) is 5.54. The molecule has 0 radical (unpaired) electrons. The lowest BCUT2D eigenvalue weighted by molar-refractivity contribution is 0.586. The summed E-state index contributed by atoms with van der Waals surface area (Å²) < 4.78 is 1.05. The van der Waals surface area contributed by atoms with Gasteiger partial charge in [-0.1, -0.05) is 20.8 Å². The van der Waals surface area contributed by atoms with Gasteiger partial charge >= 0.3 is 0 Å². The van der Waals surface area contributed by atoms with Gasteiger partial charge in [0, 0.05) is 52.9 Å². The molecule has 1 unspecified atom stereocenters. The van der Waals surface area contributed by atoms with Crippen molar-refractivity contribution in [2.24, 2.45) is 0 Å². The molecule has 0 spiro atoms. The molecule has 1 atom stereocenters. The maximum atomic E-state index is 4.64. The Morgan fingerprint density at radius 2 is 2.37 bits per heavy atom. The van der Waals surface area contributed by atoms with Gasteiger partial charge in [0.05, 0.1) is 0 Å². The molecule has 0 aromatic carbocycles. The van der Waals surface area contributed by atoms with Crippen molar-refractivity contribution in [2.75, 3.05) is 23.7 Å². The van der Waals surface area contributed by atoms with E-state index in [1.54, 1.807) is 0 Å². The van der Waals surface area contributed by atoms with Gasteiger partial charge in [-0.2, -0.15) is 11.8 Å². The fraction of sp³-hybridized carbons (Fsp3) is 0.643. The Bertz CT molecular complexity index is 425. The number of rotatable bonds is 4. The third-order valence-electron chi connectivity index (χ3n) is 3.15. The smallest absolute Gasteiger partial charge is 0.133 e. The molecule has 1 fully saturated rings. The summed E-state index contributed by atoms with van der Waals surface area (Å²) >= 11 is 5.58. The number of nitrogens with zero attached hydrogens (tertiary/aromatic N) is 2. The lowest BCUT2D eigenvalue weighted by atomic mass is 10.2. The topological polar surface area (TPSA) is 28.2 Å². The number of hydrogen-bond acceptors (Lipinski definition) is 4. The van der Waals surface area contributed by atoms with Gasteiger partial charge in [-0.15, -0.1) is 0 Å². The predicted octanol–water partition coefficient (Wildman–Crippen LogP) is 3.28. The van der Waals surface area contributed by atoms with Crippen LogP contribution in [0.5, 0.6) is 0 Å². The second-order valence-electron chi connectivity index (χ2n) is 5.30. The van der Waals surface area contributed by atoms with Gasteiger partial charge in [-0.3, -0.25) is 0 Å². The molecule has 106 valence electrons. The first-order valence-corrected chi connectivity index (χ1v) is 8.65. The van der Waals surface area contributed by atoms with E-state index in [9.17, 15) is 0 Å². The number of halogens is 1. The minimum Gasteiger partial charge on any atom is -0.354 e. The van der Waals surface area contributed by atoms with E-state index in [4.69, 9.17) is 0 Å². The molecule has 19 heavy (non-hydrogen) atoms. The van der Waals surface area contributed by atoms with E-state index < -0.39 is 0 Å². The van der Waals surface area contributed by atoms with E-state index in [-0.39, 0.29) is 0 Å². The molecular weight excluding hydrogens is 322 g/mol. The monoisotopic (exact) mass is 343 g/mol. The zero-order chi connectivity index (χ0) is 13.8. The number of aromatic nitrogens is 1. The van der Waals surface area contributed by atoms with Gasteiger partial charge in [0.2, 0.25) is 0 Å². The van der Waals surface area contributed by atoms with Crippen molar-refractivity contribution in [1.29, 1.82) is 0 Å². The summed E-state index contributed by atoms with van der Waals surface area (Å²) in [5.74, 6) is 2.33. The van der Waals surface area contributed by atoms with Gasteiger partial charge < -0.3 is 10.2 Å². The van der Waals surface area contributed by atoms with Crippen molar-refractivity contribution >= 4 is 33.5 Å². The van der Waals surface area contributed by atoms with Crippen molar-refractivity contribution in [3.8, 4) is 0 Å². The van der Waals surface area contributed by atoms with Crippen molar-refractivity contribution in [3.63, 3.8) is 0 Å². The number of nitrogens with one attached hydrogen (secondary N) is 1. The van der Waals surface area contributed by atoms with E-state index in [0.29, 0.717) is 11.3 Å². The van der Waals surface area contributed by atoms with Gasteiger partial charge in [0.25, 0.3) is 0 Å². The predicted molar refractivity (Wildman–Crippen MR) is 88.0 cm³/mol. The van der Waals surface area contributed by atoms with E-state index in [1.165, 1.54) is 11.3 Å². The third kappa shape index (κ3) is 4.36. The van der Waals surface area contributed by atoms with Crippen LogP contribution in [0, 0.1) is 0 Å². The summed E-state index contributed by atoms with van der Waals surface area (Å²) in [4.78, 5) is 7.07. The molecule has 1 saturated heterocycles. The third-order valence-corrected chi connectivity index (χ3v) is 4.72. The molecule has 1 aromatic heterocycles. The van der Waals surface area contributed by atoms with E-state index in [0.717, 1.165) is 29.9 Å². The molecule has 0 saturated carbocycles.